The van der Waals surface area contributed by atoms with Crippen molar-refractivity contribution in [1.29, 1.82) is 0 Å². The van der Waals surface area contributed by atoms with E-state index in [0.29, 0.717) is 25.3 Å². The van der Waals surface area contributed by atoms with Gasteiger partial charge in [0.15, 0.2) is 0 Å². The molecule has 1 aliphatic heterocycles. The average Bonchev–Trinajstić information content (AvgIpc) is 3.10. The molecule has 120 valence electrons. The Labute approximate surface area is 126 Å². The molecule has 1 saturated heterocycles. The zero-order chi connectivity index (χ0) is 15.1. The molecule has 6 nitrogen and oxygen atoms in total. The molecule has 2 N–H and O–H groups in total. The fraction of sp³-hybridized carbons (Fsp3) is 0.714. The van der Waals surface area contributed by atoms with Crippen molar-refractivity contribution in [3.8, 4) is 0 Å². The van der Waals surface area contributed by atoms with E-state index < -0.39 is 10.0 Å². The van der Waals surface area contributed by atoms with Crippen LogP contribution in [0.25, 0.3) is 0 Å². The van der Waals surface area contributed by atoms with Gasteiger partial charge in [-0.1, -0.05) is 6.92 Å². The molecular formula is C14H24N2O4S. The molecule has 1 aromatic rings. The molecule has 2 rings (SSSR count). The van der Waals surface area contributed by atoms with Crippen molar-refractivity contribution < 1.29 is 17.6 Å². The van der Waals surface area contributed by atoms with Crippen LogP contribution in [0.5, 0.6) is 0 Å². The zero-order valence-electron chi connectivity index (χ0n) is 12.4. The largest absolute Gasteiger partial charge is 0.447 e. The Morgan fingerprint density at radius 2 is 2.19 bits per heavy atom. The molecule has 1 unspecified atom stereocenters. The van der Waals surface area contributed by atoms with Gasteiger partial charge in [0.2, 0.25) is 5.09 Å². The van der Waals surface area contributed by atoms with Gasteiger partial charge in [0.1, 0.15) is 5.76 Å². The highest BCUT2D eigenvalue weighted by molar-refractivity contribution is 7.89. The van der Waals surface area contributed by atoms with E-state index >= 15 is 0 Å². The van der Waals surface area contributed by atoms with Crippen LogP contribution >= 0.6 is 0 Å². The summed E-state index contributed by atoms with van der Waals surface area (Å²) < 4.78 is 37.6. The van der Waals surface area contributed by atoms with E-state index in [1.165, 1.54) is 6.07 Å². The van der Waals surface area contributed by atoms with Gasteiger partial charge < -0.3 is 14.5 Å². The van der Waals surface area contributed by atoms with Crippen LogP contribution in [0.2, 0.25) is 0 Å². The fourth-order valence-corrected chi connectivity index (χ4v) is 3.28. The first-order valence-corrected chi connectivity index (χ1v) is 9.01. The Balaban J connectivity index is 1.80. The molecule has 1 fully saturated rings. The lowest BCUT2D eigenvalue weighted by Crippen LogP contribution is -2.27. The maximum absolute atomic E-state index is 12.1. The van der Waals surface area contributed by atoms with Crippen LogP contribution in [0.3, 0.4) is 0 Å². The van der Waals surface area contributed by atoms with Crippen molar-refractivity contribution in [2.45, 2.75) is 50.3 Å². The van der Waals surface area contributed by atoms with Crippen molar-refractivity contribution in [2.75, 3.05) is 19.7 Å². The zero-order valence-corrected chi connectivity index (χ0v) is 13.2. The predicted molar refractivity (Wildman–Crippen MR) is 79.5 cm³/mol. The van der Waals surface area contributed by atoms with Gasteiger partial charge in [0.05, 0.1) is 12.6 Å². The minimum atomic E-state index is -3.56. The summed E-state index contributed by atoms with van der Waals surface area (Å²) in [5.41, 5.74) is 0. The molecule has 0 aliphatic carbocycles. The minimum absolute atomic E-state index is 0.0249. The molecule has 1 atom stereocenters. The van der Waals surface area contributed by atoms with Crippen molar-refractivity contribution in [1.82, 2.24) is 10.0 Å². The van der Waals surface area contributed by atoms with E-state index in [9.17, 15) is 8.42 Å². The van der Waals surface area contributed by atoms with Crippen molar-refractivity contribution in [2.24, 2.45) is 0 Å². The van der Waals surface area contributed by atoms with E-state index in [2.05, 4.69) is 17.0 Å². The van der Waals surface area contributed by atoms with Gasteiger partial charge in [-0.05, 0) is 44.4 Å². The van der Waals surface area contributed by atoms with Crippen molar-refractivity contribution >= 4 is 10.0 Å². The van der Waals surface area contributed by atoms with E-state index in [0.717, 1.165) is 32.4 Å². The molecule has 2 heterocycles. The monoisotopic (exact) mass is 316 g/mol. The Bertz CT molecular complexity index is 521. The highest BCUT2D eigenvalue weighted by Crippen LogP contribution is 2.16. The SMILES string of the molecule is CCCNCc1ccc(S(=O)(=O)NCCC2CCCO2)o1. The smallest absolute Gasteiger partial charge is 0.273 e. The van der Waals surface area contributed by atoms with Crippen LogP contribution in [0.1, 0.15) is 38.4 Å². The molecule has 1 aromatic heterocycles. The Morgan fingerprint density at radius 1 is 1.33 bits per heavy atom. The van der Waals surface area contributed by atoms with Gasteiger partial charge in [-0.3, -0.25) is 0 Å². The first kappa shape index (κ1) is 16.5. The molecule has 0 amide bonds. The molecule has 21 heavy (non-hydrogen) atoms. The minimum Gasteiger partial charge on any atom is -0.447 e. The first-order valence-electron chi connectivity index (χ1n) is 7.52. The van der Waals surface area contributed by atoms with Crippen LogP contribution < -0.4 is 10.0 Å². The molecule has 0 saturated carbocycles. The second kappa shape index (κ2) is 7.93. The summed E-state index contributed by atoms with van der Waals surface area (Å²) in [5.74, 6) is 0.628. The second-order valence-corrected chi connectivity index (χ2v) is 6.92. The summed E-state index contributed by atoms with van der Waals surface area (Å²) in [5, 5.41) is 3.15. The van der Waals surface area contributed by atoms with Crippen LogP contribution in [0.15, 0.2) is 21.6 Å². The predicted octanol–water partition coefficient (Wildman–Crippen LogP) is 1.63. The number of hydrogen-bond donors (Lipinski definition) is 2. The summed E-state index contributed by atoms with van der Waals surface area (Å²) in [7, 11) is -3.56. The molecule has 0 radical (unpaired) electrons. The summed E-state index contributed by atoms with van der Waals surface area (Å²) in [6, 6.07) is 3.19. The third-order valence-electron chi connectivity index (χ3n) is 3.41. The number of sulfonamides is 1. The Morgan fingerprint density at radius 3 is 2.90 bits per heavy atom. The molecule has 0 bridgehead atoms. The van der Waals surface area contributed by atoms with Crippen LogP contribution in [-0.2, 0) is 21.3 Å². The molecule has 0 spiro atoms. The van der Waals surface area contributed by atoms with Gasteiger partial charge in [-0.2, -0.15) is 0 Å². The lowest BCUT2D eigenvalue weighted by atomic mass is 10.2. The summed E-state index contributed by atoms with van der Waals surface area (Å²) in [6.45, 7) is 4.64. The second-order valence-electron chi connectivity index (χ2n) is 5.22. The average molecular weight is 316 g/mol. The van der Waals surface area contributed by atoms with Crippen LogP contribution in [-0.4, -0.2) is 34.2 Å². The third-order valence-corrected chi connectivity index (χ3v) is 4.74. The quantitative estimate of drug-likeness (QED) is 0.677. The standard InChI is InChI=1S/C14H24N2O4S/c1-2-8-15-11-13-5-6-14(20-13)21(17,18)16-9-7-12-4-3-10-19-12/h5-6,12,15-16H,2-4,7-11H2,1H3. The number of rotatable bonds is 9. The highest BCUT2D eigenvalue weighted by atomic mass is 32.2. The van der Waals surface area contributed by atoms with Gasteiger partial charge in [0, 0.05) is 13.2 Å². The molecule has 1 aliphatic rings. The number of furan rings is 1. The fourth-order valence-electron chi connectivity index (χ4n) is 2.28. The van der Waals surface area contributed by atoms with E-state index in [4.69, 9.17) is 9.15 Å². The van der Waals surface area contributed by atoms with E-state index in [-0.39, 0.29) is 11.2 Å². The topological polar surface area (TPSA) is 80.6 Å². The molecular weight excluding hydrogens is 292 g/mol. The summed E-state index contributed by atoms with van der Waals surface area (Å²) in [6.07, 6.45) is 3.97. The van der Waals surface area contributed by atoms with Crippen molar-refractivity contribution in [3.05, 3.63) is 17.9 Å². The number of ether oxygens (including phenoxy) is 1. The molecule has 7 heteroatoms. The Kier molecular flexibility index (Phi) is 6.22. The number of nitrogens with one attached hydrogen (secondary N) is 2. The Hall–Kier alpha value is -0.890. The van der Waals surface area contributed by atoms with Gasteiger partial charge in [-0.15, -0.1) is 0 Å². The summed E-state index contributed by atoms with van der Waals surface area (Å²) >= 11 is 0. The molecule has 0 aromatic carbocycles. The highest BCUT2D eigenvalue weighted by Gasteiger charge is 2.20. The lowest BCUT2D eigenvalue weighted by Gasteiger charge is -2.09. The van der Waals surface area contributed by atoms with Crippen LogP contribution in [0, 0.1) is 0 Å². The van der Waals surface area contributed by atoms with E-state index in [1.54, 1.807) is 6.07 Å². The number of hydrogen-bond acceptors (Lipinski definition) is 5. The van der Waals surface area contributed by atoms with E-state index in [1.807, 2.05) is 0 Å². The maximum atomic E-state index is 12.1. The maximum Gasteiger partial charge on any atom is 0.273 e. The normalized spacial score (nSPS) is 19.2. The van der Waals surface area contributed by atoms with Crippen LogP contribution in [0.4, 0.5) is 0 Å². The van der Waals surface area contributed by atoms with Gasteiger partial charge in [-0.25, -0.2) is 13.1 Å². The van der Waals surface area contributed by atoms with Gasteiger partial charge >= 0.3 is 0 Å². The van der Waals surface area contributed by atoms with Crippen molar-refractivity contribution in [3.63, 3.8) is 0 Å². The summed E-state index contributed by atoms with van der Waals surface area (Å²) in [4.78, 5) is 0. The first-order chi connectivity index (χ1) is 10.1. The third kappa shape index (κ3) is 5.10. The van der Waals surface area contributed by atoms with Gasteiger partial charge in [0.25, 0.3) is 10.0 Å². The lowest BCUT2D eigenvalue weighted by molar-refractivity contribution is 0.105.